The van der Waals surface area contributed by atoms with Gasteiger partial charge in [-0.25, -0.2) is 0 Å². The lowest BCUT2D eigenvalue weighted by atomic mass is 10.1. The van der Waals surface area contributed by atoms with Gasteiger partial charge in [-0.3, -0.25) is 4.79 Å². The highest BCUT2D eigenvalue weighted by atomic mass is 35.5. The Hall–Kier alpha value is -2.00. The summed E-state index contributed by atoms with van der Waals surface area (Å²) in [6.07, 6.45) is 0. The minimum atomic E-state index is -0.230. The molecule has 0 aliphatic carbocycles. The molecule has 4 heteroatoms. The predicted octanol–water partition coefficient (Wildman–Crippen LogP) is 3.79. The van der Waals surface area contributed by atoms with E-state index in [1.54, 1.807) is 24.3 Å². The number of carbonyl (C=O) groups excluding carboxylic acids is 1. The number of benzene rings is 2. The first-order valence-electron chi connectivity index (χ1n) is 5.91. The summed E-state index contributed by atoms with van der Waals surface area (Å²) in [4.78, 5) is 12.2. The molecular weight excluding hydrogens is 260 g/mol. The van der Waals surface area contributed by atoms with E-state index in [9.17, 15) is 4.79 Å². The number of carbonyl (C=O) groups is 1. The van der Waals surface area contributed by atoms with Crippen molar-refractivity contribution in [2.45, 2.75) is 13.8 Å². The number of rotatable bonds is 2. The molecule has 2 aromatic rings. The number of aryl methyl sites for hydroxylation is 2. The maximum absolute atomic E-state index is 12.2. The van der Waals surface area contributed by atoms with E-state index >= 15 is 0 Å². The number of nitrogens with one attached hydrogen (secondary N) is 1. The fourth-order valence-corrected chi connectivity index (χ4v) is 1.96. The van der Waals surface area contributed by atoms with E-state index in [2.05, 4.69) is 5.32 Å². The zero-order valence-corrected chi connectivity index (χ0v) is 11.6. The van der Waals surface area contributed by atoms with Crippen LogP contribution in [0.4, 0.5) is 11.4 Å². The molecule has 0 radical (unpaired) electrons. The van der Waals surface area contributed by atoms with Gasteiger partial charge in [-0.2, -0.15) is 0 Å². The number of nitrogen functional groups attached to an aromatic ring is 1. The molecule has 0 atom stereocenters. The van der Waals surface area contributed by atoms with E-state index in [0.29, 0.717) is 22.0 Å². The van der Waals surface area contributed by atoms with Gasteiger partial charge in [-0.1, -0.05) is 29.3 Å². The monoisotopic (exact) mass is 274 g/mol. The van der Waals surface area contributed by atoms with Gasteiger partial charge in [0.2, 0.25) is 0 Å². The van der Waals surface area contributed by atoms with Crippen molar-refractivity contribution < 1.29 is 4.79 Å². The predicted molar refractivity (Wildman–Crippen MR) is 79.7 cm³/mol. The Bertz CT molecular complexity index is 638. The van der Waals surface area contributed by atoms with Crippen molar-refractivity contribution in [1.29, 1.82) is 0 Å². The SMILES string of the molecule is Cc1ccc(N)c(C(=O)Nc2cc(Cl)ccc2C)c1. The van der Waals surface area contributed by atoms with Crippen molar-refractivity contribution in [3.05, 3.63) is 58.1 Å². The summed E-state index contributed by atoms with van der Waals surface area (Å²) in [7, 11) is 0. The fourth-order valence-electron chi connectivity index (χ4n) is 1.79. The Morgan fingerprint density at radius 2 is 1.89 bits per heavy atom. The molecule has 0 saturated heterocycles. The molecule has 0 aliphatic rings. The average molecular weight is 275 g/mol. The Morgan fingerprint density at radius 3 is 2.63 bits per heavy atom. The van der Waals surface area contributed by atoms with E-state index < -0.39 is 0 Å². The van der Waals surface area contributed by atoms with Crippen LogP contribution in [-0.2, 0) is 0 Å². The van der Waals surface area contributed by atoms with Crippen LogP contribution < -0.4 is 11.1 Å². The van der Waals surface area contributed by atoms with Crippen molar-refractivity contribution in [2.75, 3.05) is 11.1 Å². The van der Waals surface area contributed by atoms with Crippen molar-refractivity contribution in [2.24, 2.45) is 0 Å². The van der Waals surface area contributed by atoms with Crippen LogP contribution in [-0.4, -0.2) is 5.91 Å². The third kappa shape index (κ3) is 3.06. The van der Waals surface area contributed by atoms with Crippen LogP contribution in [0.2, 0.25) is 5.02 Å². The Morgan fingerprint density at radius 1 is 1.16 bits per heavy atom. The van der Waals surface area contributed by atoms with E-state index in [1.165, 1.54) is 0 Å². The van der Waals surface area contributed by atoms with Gasteiger partial charge in [0, 0.05) is 16.4 Å². The molecule has 0 aromatic heterocycles. The van der Waals surface area contributed by atoms with E-state index in [0.717, 1.165) is 11.1 Å². The van der Waals surface area contributed by atoms with Crippen molar-refractivity contribution >= 4 is 28.9 Å². The Balaban J connectivity index is 2.30. The van der Waals surface area contributed by atoms with Crippen LogP contribution in [0.3, 0.4) is 0 Å². The smallest absolute Gasteiger partial charge is 0.257 e. The van der Waals surface area contributed by atoms with E-state index in [-0.39, 0.29) is 5.91 Å². The maximum atomic E-state index is 12.2. The molecule has 98 valence electrons. The van der Waals surface area contributed by atoms with Gasteiger partial charge in [0.05, 0.1) is 5.56 Å². The fraction of sp³-hybridized carbons (Fsp3) is 0.133. The molecule has 0 bridgehead atoms. The zero-order chi connectivity index (χ0) is 14.0. The zero-order valence-electron chi connectivity index (χ0n) is 10.8. The Kier molecular flexibility index (Phi) is 3.76. The van der Waals surface area contributed by atoms with E-state index in [1.807, 2.05) is 26.0 Å². The molecule has 3 nitrogen and oxygen atoms in total. The summed E-state index contributed by atoms with van der Waals surface area (Å²) in [5, 5.41) is 3.41. The number of halogens is 1. The second kappa shape index (κ2) is 5.33. The highest BCUT2D eigenvalue weighted by molar-refractivity contribution is 6.31. The largest absolute Gasteiger partial charge is 0.398 e. The molecule has 3 N–H and O–H groups in total. The molecule has 0 saturated carbocycles. The number of anilines is 2. The van der Waals surface area contributed by atoms with Gasteiger partial charge < -0.3 is 11.1 Å². The lowest BCUT2D eigenvalue weighted by Gasteiger charge is -2.11. The van der Waals surface area contributed by atoms with Crippen molar-refractivity contribution in [3.8, 4) is 0 Å². The molecule has 0 heterocycles. The average Bonchev–Trinajstić information content (AvgIpc) is 2.36. The second-order valence-electron chi connectivity index (χ2n) is 4.50. The van der Waals surface area contributed by atoms with Crippen LogP contribution in [0.15, 0.2) is 36.4 Å². The molecule has 0 fully saturated rings. The van der Waals surface area contributed by atoms with Gasteiger partial charge in [-0.15, -0.1) is 0 Å². The first-order valence-corrected chi connectivity index (χ1v) is 6.29. The van der Waals surface area contributed by atoms with Crippen molar-refractivity contribution in [1.82, 2.24) is 0 Å². The summed E-state index contributed by atoms with van der Waals surface area (Å²) in [6, 6.07) is 10.7. The Labute approximate surface area is 117 Å². The first kappa shape index (κ1) is 13.4. The quantitative estimate of drug-likeness (QED) is 0.819. The van der Waals surface area contributed by atoms with Gasteiger partial charge in [0.1, 0.15) is 0 Å². The summed E-state index contributed by atoms with van der Waals surface area (Å²) in [5.74, 6) is -0.230. The number of amides is 1. The molecule has 19 heavy (non-hydrogen) atoms. The maximum Gasteiger partial charge on any atom is 0.257 e. The van der Waals surface area contributed by atoms with E-state index in [4.69, 9.17) is 17.3 Å². The van der Waals surface area contributed by atoms with Crippen LogP contribution in [0.1, 0.15) is 21.5 Å². The van der Waals surface area contributed by atoms with Crippen LogP contribution >= 0.6 is 11.6 Å². The van der Waals surface area contributed by atoms with Gasteiger partial charge in [0.25, 0.3) is 5.91 Å². The van der Waals surface area contributed by atoms with Crippen LogP contribution in [0.5, 0.6) is 0 Å². The van der Waals surface area contributed by atoms with Crippen LogP contribution in [0, 0.1) is 13.8 Å². The van der Waals surface area contributed by atoms with Crippen LogP contribution in [0.25, 0.3) is 0 Å². The topological polar surface area (TPSA) is 55.1 Å². The second-order valence-corrected chi connectivity index (χ2v) is 4.94. The number of hydrogen-bond acceptors (Lipinski definition) is 2. The summed E-state index contributed by atoms with van der Waals surface area (Å²) >= 11 is 5.93. The first-order chi connectivity index (χ1) is 8.97. The van der Waals surface area contributed by atoms with Gasteiger partial charge >= 0.3 is 0 Å². The molecule has 2 aromatic carbocycles. The van der Waals surface area contributed by atoms with Crippen molar-refractivity contribution in [3.63, 3.8) is 0 Å². The highest BCUT2D eigenvalue weighted by Crippen LogP contribution is 2.22. The van der Waals surface area contributed by atoms with Gasteiger partial charge in [0.15, 0.2) is 0 Å². The molecule has 0 unspecified atom stereocenters. The minimum absolute atomic E-state index is 0.230. The molecule has 2 rings (SSSR count). The number of nitrogens with two attached hydrogens (primary N) is 1. The molecule has 0 aliphatic heterocycles. The minimum Gasteiger partial charge on any atom is -0.398 e. The third-order valence-corrected chi connectivity index (χ3v) is 3.14. The molecule has 0 spiro atoms. The normalized spacial score (nSPS) is 10.3. The third-order valence-electron chi connectivity index (χ3n) is 2.90. The molecule has 1 amide bonds. The highest BCUT2D eigenvalue weighted by Gasteiger charge is 2.11. The molecular formula is C15H15ClN2O. The standard InChI is InChI=1S/C15H15ClN2O/c1-9-3-6-13(17)12(7-9)15(19)18-14-8-11(16)5-4-10(14)2/h3-8H,17H2,1-2H3,(H,18,19). The number of hydrogen-bond donors (Lipinski definition) is 2. The van der Waals surface area contributed by atoms with Gasteiger partial charge in [-0.05, 0) is 43.7 Å². The lowest BCUT2D eigenvalue weighted by Crippen LogP contribution is -2.15. The summed E-state index contributed by atoms with van der Waals surface area (Å²) in [5.41, 5.74) is 9.39. The summed E-state index contributed by atoms with van der Waals surface area (Å²) < 4.78 is 0. The summed E-state index contributed by atoms with van der Waals surface area (Å²) in [6.45, 7) is 3.83. The lowest BCUT2D eigenvalue weighted by molar-refractivity contribution is 0.102.